The van der Waals surface area contributed by atoms with Gasteiger partial charge in [0, 0.05) is 17.7 Å². The molecule has 0 aromatic heterocycles. The molecule has 1 atom stereocenters. The predicted molar refractivity (Wildman–Crippen MR) is 98.0 cm³/mol. The Hall–Kier alpha value is -2.97. The van der Waals surface area contributed by atoms with Crippen LogP contribution in [0.4, 0.5) is 0 Å². The maximum absolute atomic E-state index is 11.0. The molecule has 0 aliphatic carbocycles. The third kappa shape index (κ3) is 3.62. The van der Waals surface area contributed by atoms with E-state index < -0.39 is 12.1 Å². The highest BCUT2D eigenvalue weighted by molar-refractivity contribution is 5.87. The summed E-state index contributed by atoms with van der Waals surface area (Å²) in [5.74, 6) is 0.0862. The minimum Gasteiger partial charge on any atom is -0.492 e. The first-order valence-corrected chi connectivity index (χ1v) is 8.05. The van der Waals surface area contributed by atoms with Crippen LogP contribution < -0.4 is 24.7 Å². The summed E-state index contributed by atoms with van der Waals surface area (Å²) < 4.78 is 21.7. The molecule has 0 bridgehead atoms. The SMILES string of the molecule is COc1c(CN)c(C(O)c2ccc(C(=O)O)cc2)c(OC)c(OC)c1OC. The zero-order valence-electron chi connectivity index (χ0n) is 15.6. The largest absolute Gasteiger partial charge is 0.492 e. The van der Waals surface area contributed by atoms with Crippen molar-refractivity contribution >= 4 is 5.97 Å². The molecule has 0 heterocycles. The quantitative estimate of drug-likeness (QED) is 0.638. The highest BCUT2D eigenvalue weighted by atomic mass is 16.5. The number of rotatable bonds is 8. The van der Waals surface area contributed by atoms with Gasteiger partial charge in [0.05, 0.1) is 34.0 Å². The summed E-state index contributed by atoms with van der Waals surface area (Å²) in [5.41, 5.74) is 7.34. The lowest BCUT2D eigenvalue weighted by Gasteiger charge is -2.25. The van der Waals surface area contributed by atoms with Gasteiger partial charge in [-0.05, 0) is 17.7 Å². The standard InChI is InChI=1S/C19H23NO7/c1-24-15-12(9-20)13(16(25-2)18(27-4)17(15)26-3)14(21)10-5-7-11(8-6-10)19(22)23/h5-8,14,21H,9,20H2,1-4H3,(H,22,23). The normalized spacial score (nSPS) is 11.6. The fraction of sp³-hybridized carbons (Fsp3) is 0.316. The first-order chi connectivity index (χ1) is 12.9. The van der Waals surface area contributed by atoms with Crippen molar-refractivity contribution in [2.75, 3.05) is 28.4 Å². The van der Waals surface area contributed by atoms with Crippen LogP contribution in [0.3, 0.4) is 0 Å². The Balaban J connectivity index is 2.74. The molecule has 8 heteroatoms. The fourth-order valence-corrected chi connectivity index (χ4v) is 2.98. The second-order valence-electron chi connectivity index (χ2n) is 5.56. The third-order valence-corrected chi connectivity index (χ3v) is 4.23. The monoisotopic (exact) mass is 377 g/mol. The Bertz CT molecular complexity index is 785. The molecule has 0 saturated carbocycles. The van der Waals surface area contributed by atoms with Crippen molar-refractivity contribution in [3.63, 3.8) is 0 Å². The van der Waals surface area contributed by atoms with Gasteiger partial charge in [0.15, 0.2) is 11.5 Å². The smallest absolute Gasteiger partial charge is 0.335 e. The number of nitrogens with two attached hydrogens (primary N) is 1. The van der Waals surface area contributed by atoms with E-state index in [-0.39, 0.29) is 23.6 Å². The summed E-state index contributed by atoms with van der Waals surface area (Å²) >= 11 is 0. The van der Waals surface area contributed by atoms with E-state index in [9.17, 15) is 9.90 Å². The van der Waals surface area contributed by atoms with Crippen molar-refractivity contribution in [1.82, 2.24) is 0 Å². The molecule has 8 nitrogen and oxygen atoms in total. The van der Waals surface area contributed by atoms with Crippen LogP contribution in [0.15, 0.2) is 24.3 Å². The Labute approximate surface area is 157 Å². The minimum atomic E-state index is -1.16. The molecule has 0 amide bonds. The molecule has 2 aromatic rings. The van der Waals surface area contributed by atoms with Crippen LogP contribution in [0.2, 0.25) is 0 Å². The molecular formula is C19H23NO7. The molecule has 0 fully saturated rings. The number of hydrogen-bond acceptors (Lipinski definition) is 7. The summed E-state index contributed by atoms with van der Waals surface area (Å²) in [4.78, 5) is 11.0. The topological polar surface area (TPSA) is 120 Å². The van der Waals surface area contributed by atoms with Crippen molar-refractivity contribution in [2.45, 2.75) is 12.6 Å². The number of carboxylic acid groups (broad SMARTS) is 1. The number of aliphatic hydroxyl groups is 1. The molecule has 2 aromatic carbocycles. The molecule has 0 aliphatic heterocycles. The van der Waals surface area contributed by atoms with Crippen LogP contribution in [0, 0.1) is 0 Å². The predicted octanol–water partition coefficient (Wildman–Crippen LogP) is 1.96. The van der Waals surface area contributed by atoms with Gasteiger partial charge in [0.25, 0.3) is 0 Å². The summed E-state index contributed by atoms with van der Waals surface area (Å²) in [6, 6.07) is 5.87. The Morgan fingerprint density at radius 3 is 1.81 bits per heavy atom. The van der Waals surface area contributed by atoms with Crippen LogP contribution in [-0.4, -0.2) is 44.6 Å². The molecular weight excluding hydrogens is 354 g/mol. The van der Waals surface area contributed by atoms with Gasteiger partial charge in [-0.15, -0.1) is 0 Å². The second-order valence-corrected chi connectivity index (χ2v) is 5.56. The average Bonchev–Trinajstić information content (AvgIpc) is 2.70. The first-order valence-electron chi connectivity index (χ1n) is 8.05. The van der Waals surface area contributed by atoms with Crippen LogP contribution in [0.5, 0.6) is 23.0 Å². The van der Waals surface area contributed by atoms with Crippen LogP contribution in [-0.2, 0) is 6.54 Å². The summed E-state index contributed by atoms with van der Waals surface area (Å²) in [5, 5.41) is 20.1. The van der Waals surface area contributed by atoms with E-state index in [4.69, 9.17) is 29.8 Å². The van der Waals surface area contributed by atoms with E-state index in [0.29, 0.717) is 28.2 Å². The molecule has 146 valence electrons. The van der Waals surface area contributed by atoms with E-state index in [1.807, 2.05) is 0 Å². The summed E-state index contributed by atoms with van der Waals surface area (Å²) in [7, 11) is 5.80. The van der Waals surface area contributed by atoms with Crippen LogP contribution in [0.1, 0.15) is 33.2 Å². The Morgan fingerprint density at radius 1 is 0.926 bits per heavy atom. The molecule has 0 saturated heterocycles. The van der Waals surface area contributed by atoms with E-state index in [1.165, 1.54) is 52.7 Å². The molecule has 0 radical (unpaired) electrons. The summed E-state index contributed by atoms with van der Waals surface area (Å²) in [6.07, 6.45) is -1.16. The molecule has 4 N–H and O–H groups in total. The van der Waals surface area contributed by atoms with Gasteiger partial charge < -0.3 is 34.9 Å². The maximum Gasteiger partial charge on any atom is 0.335 e. The maximum atomic E-state index is 11.0. The molecule has 0 aliphatic rings. The van der Waals surface area contributed by atoms with Crippen molar-refractivity contribution in [3.8, 4) is 23.0 Å². The Kier molecular flexibility index (Phi) is 6.49. The van der Waals surface area contributed by atoms with Crippen LogP contribution >= 0.6 is 0 Å². The molecule has 1 unspecified atom stereocenters. The summed E-state index contributed by atoms with van der Waals surface area (Å²) in [6.45, 7) is 0.0412. The number of aromatic carboxylic acids is 1. The lowest BCUT2D eigenvalue weighted by molar-refractivity contribution is 0.0696. The number of benzene rings is 2. The number of carbonyl (C=O) groups is 1. The average molecular weight is 377 g/mol. The zero-order valence-corrected chi connectivity index (χ0v) is 15.6. The van der Waals surface area contributed by atoms with Gasteiger partial charge in [-0.25, -0.2) is 4.79 Å². The fourth-order valence-electron chi connectivity index (χ4n) is 2.98. The lowest BCUT2D eigenvalue weighted by Crippen LogP contribution is -2.13. The van der Waals surface area contributed by atoms with Gasteiger partial charge in [0.1, 0.15) is 6.10 Å². The number of hydrogen-bond donors (Lipinski definition) is 3. The van der Waals surface area contributed by atoms with Gasteiger partial charge in [-0.1, -0.05) is 12.1 Å². The van der Waals surface area contributed by atoms with Crippen molar-refractivity contribution in [1.29, 1.82) is 0 Å². The van der Waals surface area contributed by atoms with Crippen molar-refractivity contribution in [2.24, 2.45) is 5.73 Å². The molecule has 0 spiro atoms. The third-order valence-electron chi connectivity index (χ3n) is 4.23. The Morgan fingerprint density at radius 2 is 1.41 bits per heavy atom. The van der Waals surface area contributed by atoms with Crippen molar-refractivity contribution in [3.05, 3.63) is 46.5 Å². The minimum absolute atomic E-state index is 0.0412. The number of aliphatic hydroxyl groups excluding tert-OH is 1. The first kappa shape index (κ1) is 20.3. The lowest BCUT2D eigenvalue weighted by atomic mass is 9.93. The molecule has 27 heavy (non-hydrogen) atoms. The van der Waals surface area contributed by atoms with Gasteiger partial charge in [0.2, 0.25) is 11.5 Å². The van der Waals surface area contributed by atoms with E-state index in [0.717, 1.165) is 0 Å². The number of ether oxygens (including phenoxy) is 4. The highest BCUT2D eigenvalue weighted by Crippen LogP contribution is 2.52. The zero-order chi connectivity index (χ0) is 20.1. The van der Waals surface area contributed by atoms with Crippen molar-refractivity contribution < 1.29 is 34.0 Å². The number of methoxy groups -OCH3 is 4. The van der Waals surface area contributed by atoms with Gasteiger partial charge in [-0.3, -0.25) is 0 Å². The second kappa shape index (κ2) is 8.61. The van der Waals surface area contributed by atoms with E-state index in [1.54, 1.807) is 0 Å². The highest BCUT2D eigenvalue weighted by Gasteiger charge is 2.31. The van der Waals surface area contributed by atoms with E-state index >= 15 is 0 Å². The van der Waals surface area contributed by atoms with Crippen LogP contribution in [0.25, 0.3) is 0 Å². The van der Waals surface area contributed by atoms with Gasteiger partial charge >= 0.3 is 5.97 Å². The molecule has 2 rings (SSSR count). The van der Waals surface area contributed by atoms with Gasteiger partial charge in [-0.2, -0.15) is 0 Å². The van der Waals surface area contributed by atoms with E-state index in [2.05, 4.69) is 0 Å². The number of carboxylic acids is 1.